The van der Waals surface area contributed by atoms with Crippen LogP contribution in [0.25, 0.3) is 10.9 Å². The molecule has 0 radical (unpaired) electrons. The lowest BCUT2D eigenvalue weighted by Gasteiger charge is -2.20. The average Bonchev–Trinajstić information content (AvgIpc) is 2.32. The maximum atomic E-state index is 12.0. The number of nitrogens with zero attached hydrogens (tertiary/aromatic N) is 1. The van der Waals surface area contributed by atoms with Crippen LogP contribution in [0.1, 0.15) is 37.6 Å². The Bertz CT molecular complexity index is 700. The average molecular weight is 286 g/mol. The van der Waals surface area contributed by atoms with E-state index in [-0.39, 0.29) is 0 Å². The van der Waals surface area contributed by atoms with E-state index in [0.29, 0.717) is 0 Å². The molecule has 2 rings (SSSR count). The molecule has 0 fully saturated rings. The van der Waals surface area contributed by atoms with Crippen LogP contribution in [-0.2, 0) is 4.74 Å². The molecule has 0 spiro atoms. The highest BCUT2D eigenvalue weighted by Crippen LogP contribution is 2.27. The monoisotopic (exact) mass is 286 g/mol. The van der Waals surface area contributed by atoms with Gasteiger partial charge in [-0.05, 0) is 58.7 Å². The smallest absolute Gasteiger partial charge is 0.412 e. The maximum Gasteiger partial charge on any atom is 0.412 e. The molecule has 0 unspecified atom stereocenters. The molecule has 0 aliphatic rings. The van der Waals surface area contributed by atoms with Crippen molar-refractivity contribution < 1.29 is 9.53 Å². The van der Waals surface area contributed by atoms with E-state index in [1.54, 1.807) is 0 Å². The first-order valence-electron chi connectivity index (χ1n) is 7.05. The van der Waals surface area contributed by atoms with E-state index in [9.17, 15) is 4.79 Å². The van der Waals surface area contributed by atoms with Crippen LogP contribution in [-0.4, -0.2) is 16.7 Å². The van der Waals surface area contributed by atoms with E-state index in [2.05, 4.69) is 17.2 Å². The lowest BCUT2D eigenvalue weighted by Crippen LogP contribution is -2.27. The molecule has 0 saturated carbocycles. The lowest BCUT2D eigenvalue weighted by molar-refractivity contribution is 0.0636. The summed E-state index contributed by atoms with van der Waals surface area (Å²) in [5.41, 5.74) is 4.31. The molecule has 0 bridgehead atoms. The number of rotatable bonds is 1. The van der Waals surface area contributed by atoms with E-state index < -0.39 is 11.7 Å². The first-order valence-corrected chi connectivity index (χ1v) is 7.05. The van der Waals surface area contributed by atoms with E-state index in [1.807, 2.05) is 52.8 Å². The largest absolute Gasteiger partial charge is 0.444 e. The fourth-order valence-electron chi connectivity index (χ4n) is 2.17. The van der Waals surface area contributed by atoms with Crippen LogP contribution >= 0.6 is 0 Å². The molecule has 0 atom stereocenters. The first-order chi connectivity index (χ1) is 9.67. The summed E-state index contributed by atoms with van der Waals surface area (Å²) >= 11 is 0. The molecule has 4 nitrogen and oxygen atoms in total. The van der Waals surface area contributed by atoms with Gasteiger partial charge in [-0.3, -0.25) is 10.3 Å². The highest BCUT2D eigenvalue weighted by molar-refractivity contribution is 6.00. The number of carbonyl (C=O) groups is 1. The molecule has 0 saturated heterocycles. The van der Waals surface area contributed by atoms with Crippen LogP contribution in [0.5, 0.6) is 0 Å². The normalized spacial score (nSPS) is 11.5. The molecule has 0 aliphatic carbocycles. The van der Waals surface area contributed by atoms with E-state index in [4.69, 9.17) is 4.74 Å². The molecule has 0 aliphatic heterocycles. The summed E-state index contributed by atoms with van der Waals surface area (Å²) in [6.45, 7) is 11.5. The van der Waals surface area contributed by atoms with Crippen molar-refractivity contribution in [2.24, 2.45) is 0 Å². The number of pyridine rings is 1. The number of hydrogen-bond acceptors (Lipinski definition) is 3. The standard InChI is InChI=1S/C17H22N2O2/c1-10-7-8-13-14(19-16(20)21-17(4,5)6)9-11(2)18-15(13)12(10)3/h7-9H,1-6H3,(H,18,19,20). The molecule has 4 heteroatoms. The van der Waals surface area contributed by atoms with Crippen molar-refractivity contribution in [1.82, 2.24) is 4.98 Å². The third-order valence-corrected chi connectivity index (χ3v) is 3.27. The van der Waals surface area contributed by atoms with Gasteiger partial charge in [0.05, 0.1) is 11.2 Å². The number of aryl methyl sites for hydroxylation is 3. The van der Waals surface area contributed by atoms with Crippen LogP contribution in [0.3, 0.4) is 0 Å². The van der Waals surface area contributed by atoms with Crippen molar-refractivity contribution in [2.75, 3.05) is 5.32 Å². The minimum absolute atomic E-state index is 0.451. The van der Waals surface area contributed by atoms with Gasteiger partial charge in [-0.25, -0.2) is 4.79 Å². The molecule has 1 N–H and O–H groups in total. The van der Waals surface area contributed by atoms with Crippen molar-refractivity contribution in [1.29, 1.82) is 0 Å². The Labute approximate surface area is 125 Å². The summed E-state index contributed by atoms with van der Waals surface area (Å²) in [6.07, 6.45) is -0.451. The second kappa shape index (κ2) is 5.35. The Morgan fingerprint density at radius 1 is 1.19 bits per heavy atom. The Morgan fingerprint density at radius 3 is 2.48 bits per heavy atom. The molecule has 112 valence electrons. The van der Waals surface area contributed by atoms with Gasteiger partial charge in [-0.15, -0.1) is 0 Å². The van der Waals surface area contributed by atoms with E-state index in [0.717, 1.165) is 27.8 Å². The van der Waals surface area contributed by atoms with Crippen LogP contribution in [0.15, 0.2) is 18.2 Å². The number of nitrogens with one attached hydrogen (secondary N) is 1. The number of ether oxygens (including phenoxy) is 1. The third kappa shape index (κ3) is 3.51. The van der Waals surface area contributed by atoms with Gasteiger partial charge >= 0.3 is 6.09 Å². The van der Waals surface area contributed by atoms with Gasteiger partial charge in [-0.1, -0.05) is 12.1 Å². The minimum Gasteiger partial charge on any atom is -0.444 e. The van der Waals surface area contributed by atoms with Crippen molar-refractivity contribution in [3.05, 3.63) is 35.0 Å². The number of benzene rings is 1. The second-order valence-electron chi connectivity index (χ2n) is 6.34. The van der Waals surface area contributed by atoms with Crippen LogP contribution in [0, 0.1) is 20.8 Å². The maximum absolute atomic E-state index is 12.0. The zero-order chi connectivity index (χ0) is 15.8. The van der Waals surface area contributed by atoms with Gasteiger partial charge in [0.2, 0.25) is 0 Å². The molecule has 1 amide bonds. The van der Waals surface area contributed by atoms with Crippen molar-refractivity contribution in [3.8, 4) is 0 Å². The van der Waals surface area contributed by atoms with Gasteiger partial charge in [0, 0.05) is 11.1 Å². The molecule has 1 aromatic heterocycles. The molecular formula is C17H22N2O2. The minimum atomic E-state index is -0.519. The number of anilines is 1. The van der Waals surface area contributed by atoms with E-state index >= 15 is 0 Å². The fraction of sp³-hybridized carbons (Fsp3) is 0.412. The second-order valence-corrected chi connectivity index (χ2v) is 6.34. The molecule has 2 aromatic rings. The van der Waals surface area contributed by atoms with Crippen molar-refractivity contribution in [2.45, 2.75) is 47.1 Å². The predicted octanol–water partition coefficient (Wildman–Crippen LogP) is 4.51. The van der Waals surface area contributed by atoms with Gasteiger partial charge in [0.1, 0.15) is 5.60 Å². The molecule has 1 heterocycles. The van der Waals surface area contributed by atoms with Gasteiger partial charge in [-0.2, -0.15) is 0 Å². The van der Waals surface area contributed by atoms with Crippen LogP contribution < -0.4 is 5.32 Å². The third-order valence-electron chi connectivity index (χ3n) is 3.27. The Hall–Kier alpha value is -2.10. The number of fused-ring (bicyclic) bond motifs is 1. The summed E-state index contributed by atoms with van der Waals surface area (Å²) in [5.74, 6) is 0. The van der Waals surface area contributed by atoms with E-state index in [1.165, 1.54) is 5.56 Å². The number of amides is 1. The quantitative estimate of drug-likeness (QED) is 0.839. The summed E-state index contributed by atoms with van der Waals surface area (Å²) < 4.78 is 5.31. The van der Waals surface area contributed by atoms with Gasteiger partial charge in [0.15, 0.2) is 0 Å². The summed E-state index contributed by atoms with van der Waals surface area (Å²) in [5, 5.41) is 3.75. The molecule has 21 heavy (non-hydrogen) atoms. The zero-order valence-electron chi connectivity index (χ0n) is 13.5. The summed E-state index contributed by atoms with van der Waals surface area (Å²) in [4.78, 5) is 16.6. The first kappa shape index (κ1) is 15.3. The topological polar surface area (TPSA) is 51.2 Å². The molecule has 1 aromatic carbocycles. The number of hydrogen-bond donors (Lipinski definition) is 1. The van der Waals surface area contributed by atoms with Crippen LogP contribution in [0.4, 0.5) is 10.5 Å². The number of carbonyl (C=O) groups excluding carboxylic acids is 1. The SMILES string of the molecule is Cc1cc(NC(=O)OC(C)(C)C)c2ccc(C)c(C)c2n1. The van der Waals surface area contributed by atoms with Crippen LogP contribution in [0.2, 0.25) is 0 Å². The van der Waals surface area contributed by atoms with Crippen molar-refractivity contribution in [3.63, 3.8) is 0 Å². The number of aromatic nitrogens is 1. The highest BCUT2D eigenvalue weighted by atomic mass is 16.6. The van der Waals surface area contributed by atoms with Crippen molar-refractivity contribution >= 4 is 22.7 Å². The Kier molecular flexibility index (Phi) is 3.90. The van der Waals surface area contributed by atoms with Gasteiger partial charge in [0.25, 0.3) is 0 Å². The Balaban J connectivity index is 2.45. The summed E-state index contributed by atoms with van der Waals surface area (Å²) in [6, 6.07) is 5.88. The zero-order valence-corrected chi connectivity index (χ0v) is 13.5. The van der Waals surface area contributed by atoms with Gasteiger partial charge < -0.3 is 4.74 Å². The highest BCUT2D eigenvalue weighted by Gasteiger charge is 2.17. The summed E-state index contributed by atoms with van der Waals surface area (Å²) in [7, 11) is 0. The Morgan fingerprint density at radius 2 is 1.86 bits per heavy atom. The predicted molar refractivity (Wildman–Crippen MR) is 85.8 cm³/mol. The fourth-order valence-corrected chi connectivity index (χ4v) is 2.17. The molecular weight excluding hydrogens is 264 g/mol. The lowest BCUT2D eigenvalue weighted by atomic mass is 10.0.